The first kappa shape index (κ1) is 20.5. The van der Waals surface area contributed by atoms with Crippen LogP contribution in [0.25, 0.3) is 0 Å². The van der Waals surface area contributed by atoms with E-state index in [0.29, 0.717) is 42.5 Å². The second kappa shape index (κ2) is 9.80. The first-order valence-corrected chi connectivity index (χ1v) is 9.50. The van der Waals surface area contributed by atoms with Gasteiger partial charge in [-0.3, -0.25) is 4.79 Å². The molecule has 1 aliphatic heterocycles. The van der Waals surface area contributed by atoms with Crippen LogP contribution in [-0.2, 0) is 14.3 Å². The highest BCUT2D eigenvalue weighted by Gasteiger charge is 2.22. The average Bonchev–Trinajstić information content (AvgIpc) is 2.76. The van der Waals surface area contributed by atoms with Gasteiger partial charge in [-0.05, 0) is 30.3 Å². The van der Waals surface area contributed by atoms with Crippen molar-refractivity contribution in [3.8, 4) is 11.8 Å². The zero-order chi connectivity index (χ0) is 20.6. The van der Waals surface area contributed by atoms with Crippen LogP contribution < -0.4 is 9.64 Å². The molecular weight excluding hydrogens is 394 g/mol. The summed E-state index contributed by atoms with van der Waals surface area (Å²) in [5.74, 6) is -0.611. The summed E-state index contributed by atoms with van der Waals surface area (Å²) < 4.78 is 10.3. The molecule has 1 amide bonds. The molecule has 0 unspecified atom stereocenters. The molecule has 1 saturated heterocycles. The van der Waals surface area contributed by atoms with Gasteiger partial charge in [-0.25, -0.2) is 4.79 Å². The van der Waals surface area contributed by atoms with Crippen molar-refractivity contribution in [3.05, 3.63) is 59.1 Å². The Balaban J connectivity index is 1.41. The van der Waals surface area contributed by atoms with E-state index in [1.165, 1.54) is 0 Å². The van der Waals surface area contributed by atoms with Gasteiger partial charge in [0.2, 0.25) is 0 Å². The maximum Gasteiger partial charge on any atom is 0.344 e. The molecule has 3 rings (SSSR count). The predicted molar refractivity (Wildman–Crippen MR) is 108 cm³/mol. The van der Waals surface area contributed by atoms with Gasteiger partial charge in [0.1, 0.15) is 11.8 Å². The number of hydrogen-bond donors (Lipinski definition) is 0. The number of halogens is 1. The predicted octanol–water partition coefficient (Wildman–Crippen LogP) is 2.48. The number of ether oxygens (including phenoxy) is 2. The Morgan fingerprint density at radius 3 is 2.52 bits per heavy atom. The van der Waals surface area contributed by atoms with Crippen molar-refractivity contribution in [1.29, 1.82) is 5.26 Å². The van der Waals surface area contributed by atoms with E-state index >= 15 is 0 Å². The molecule has 7 nitrogen and oxygen atoms in total. The first-order chi connectivity index (χ1) is 14.1. The van der Waals surface area contributed by atoms with Crippen molar-refractivity contribution in [2.45, 2.75) is 0 Å². The Labute approximate surface area is 174 Å². The van der Waals surface area contributed by atoms with E-state index in [2.05, 4.69) is 4.90 Å². The molecule has 0 aliphatic carbocycles. The Hall–Kier alpha value is -3.24. The number of nitriles is 1. The standard InChI is InChI=1S/C21H20ClN3O4/c22-17-5-3-6-18(12-17)24-8-10-25(11-9-24)20(26)14-29-21(27)15-28-19-7-2-1-4-16(19)13-23/h1-7,12H,8-11,14-15H2. The number of anilines is 1. The highest BCUT2D eigenvalue weighted by molar-refractivity contribution is 6.30. The van der Waals surface area contributed by atoms with E-state index in [-0.39, 0.29) is 19.1 Å². The van der Waals surface area contributed by atoms with Crippen LogP contribution in [0.3, 0.4) is 0 Å². The normalized spacial score (nSPS) is 13.5. The summed E-state index contributed by atoms with van der Waals surface area (Å²) in [6.45, 7) is 1.72. The number of amides is 1. The minimum absolute atomic E-state index is 0.249. The van der Waals surface area contributed by atoms with E-state index in [4.69, 9.17) is 26.3 Å². The van der Waals surface area contributed by atoms with E-state index in [9.17, 15) is 9.59 Å². The minimum atomic E-state index is -0.663. The van der Waals surface area contributed by atoms with E-state index in [0.717, 1.165) is 5.69 Å². The lowest BCUT2D eigenvalue weighted by Gasteiger charge is -2.36. The van der Waals surface area contributed by atoms with Gasteiger partial charge in [0, 0.05) is 36.9 Å². The number of para-hydroxylation sites is 1. The van der Waals surface area contributed by atoms with Crippen LogP contribution in [0.15, 0.2) is 48.5 Å². The molecule has 0 atom stereocenters. The van der Waals surface area contributed by atoms with Crippen LogP contribution in [0.5, 0.6) is 5.75 Å². The molecule has 0 radical (unpaired) electrons. The van der Waals surface area contributed by atoms with Gasteiger partial charge in [0.15, 0.2) is 13.2 Å². The number of esters is 1. The fourth-order valence-electron chi connectivity index (χ4n) is 2.98. The van der Waals surface area contributed by atoms with Gasteiger partial charge in [-0.1, -0.05) is 29.8 Å². The number of benzene rings is 2. The molecular formula is C21H20ClN3O4. The Morgan fingerprint density at radius 2 is 1.79 bits per heavy atom. The smallest absolute Gasteiger partial charge is 0.344 e. The fourth-order valence-corrected chi connectivity index (χ4v) is 3.17. The monoisotopic (exact) mass is 413 g/mol. The van der Waals surface area contributed by atoms with Crippen molar-refractivity contribution in [2.24, 2.45) is 0 Å². The van der Waals surface area contributed by atoms with Gasteiger partial charge in [0.25, 0.3) is 5.91 Å². The number of piperazine rings is 1. The summed E-state index contributed by atoms with van der Waals surface area (Å²) in [5.41, 5.74) is 1.35. The van der Waals surface area contributed by atoms with Crippen LogP contribution in [0.2, 0.25) is 5.02 Å². The molecule has 29 heavy (non-hydrogen) atoms. The van der Waals surface area contributed by atoms with Crippen molar-refractivity contribution in [1.82, 2.24) is 4.90 Å². The summed E-state index contributed by atoms with van der Waals surface area (Å²) in [4.78, 5) is 28.0. The zero-order valence-electron chi connectivity index (χ0n) is 15.7. The van der Waals surface area contributed by atoms with Crippen molar-refractivity contribution < 1.29 is 19.1 Å². The molecule has 0 spiro atoms. The molecule has 1 fully saturated rings. The van der Waals surface area contributed by atoms with Crippen molar-refractivity contribution in [3.63, 3.8) is 0 Å². The fraction of sp³-hybridized carbons (Fsp3) is 0.286. The first-order valence-electron chi connectivity index (χ1n) is 9.12. The van der Waals surface area contributed by atoms with Crippen LogP contribution in [0.4, 0.5) is 5.69 Å². The SMILES string of the molecule is N#Cc1ccccc1OCC(=O)OCC(=O)N1CCN(c2cccc(Cl)c2)CC1. The number of carbonyl (C=O) groups excluding carboxylic acids is 2. The topological polar surface area (TPSA) is 82.9 Å². The third kappa shape index (κ3) is 5.62. The number of rotatable bonds is 6. The second-order valence-electron chi connectivity index (χ2n) is 6.41. The van der Waals surface area contributed by atoms with Crippen molar-refractivity contribution in [2.75, 3.05) is 44.3 Å². The molecule has 150 valence electrons. The lowest BCUT2D eigenvalue weighted by atomic mass is 10.2. The van der Waals surface area contributed by atoms with Crippen LogP contribution in [0, 0.1) is 11.3 Å². The minimum Gasteiger partial charge on any atom is -0.481 e. The maximum absolute atomic E-state index is 12.3. The third-order valence-electron chi connectivity index (χ3n) is 4.52. The quantitative estimate of drug-likeness (QED) is 0.676. The average molecular weight is 414 g/mol. The Morgan fingerprint density at radius 1 is 1.03 bits per heavy atom. The number of nitrogens with zero attached hydrogens (tertiary/aromatic N) is 3. The lowest BCUT2D eigenvalue weighted by Crippen LogP contribution is -2.50. The summed E-state index contributed by atoms with van der Waals surface area (Å²) in [6, 6.07) is 16.2. The molecule has 0 saturated carbocycles. The third-order valence-corrected chi connectivity index (χ3v) is 4.75. The second-order valence-corrected chi connectivity index (χ2v) is 6.84. The zero-order valence-corrected chi connectivity index (χ0v) is 16.5. The molecule has 1 heterocycles. The number of carbonyl (C=O) groups is 2. The van der Waals surface area contributed by atoms with Crippen molar-refractivity contribution >= 4 is 29.2 Å². The highest BCUT2D eigenvalue weighted by Crippen LogP contribution is 2.21. The molecule has 1 aliphatic rings. The summed E-state index contributed by atoms with van der Waals surface area (Å²) in [6.07, 6.45) is 0. The van der Waals surface area contributed by atoms with Gasteiger partial charge in [-0.15, -0.1) is 0 Å². The van der Waals surface area contributed by atoms with Gasteiger partial charge >= 0.3 is 5.97 Å². The van der Waals surface area contributed by atoms with E-state index < -0.39 is 5.97 Å². The lowest BCUT2D eigenvalue weighted by molar-refractivity contribution is -0.153. The van der Waals surface area contributed by atoms with Gasteiger partial charge in [-0.2, -0.15) is 5.26 Å². The largest absolute Gasteiger partial charge is 0.481 e. The Bertz CT molecular complexity index is 920. The summed E-state index contributed by atoms with van der Waals surface area (Å²) in [7, 11) is 0. The summed E-state index contributed by atoms with van der Waals surface area (Å²) in [5, 5.41) is 9.68. The van der Waals surface area contributed by atoms with E-state index in [1.807, 2.05) is 30.3 Å². The van der Waals surface area contributed by atoms with E-state index in [1.54, 1.807) is 29.2 Å². The van der Waals surface area contributed by atoms with Gasteiger partial charge < -0.3 is 19.3 Å². The van der Waals surface area contributed by atoms with Crippen LogP contribution in [0.1, 0.15) is 5.56 Å². The molecule has 0 N–H and O–H groups in total. The highest BCUT2D eigenvalue weighted by atomic mass is 35.5. The molecule has 0 bridgehead atoms. The Kier molecular flexibility index (Phi) is 6.93. The molecule has 2 aromatic carbocycles. The molecule has 0 aromatic heterocycles. The van der Waals surface area contributed by atoms with Gasteiger partial charge in [0.05, 0.1) is 5.56 Å². The molecule has 2 aromatic rings. The van der Waals surface area contributed by atoms with Crippen LogP contribution in [-0.4, -0.2) is 56.2 Å². The maximum atomic E-state index is 12.3. The molecule has 8 heteroatoms. The number of hydrogen-bond acceptors (Lipinski definition) is 6. The summed E-state index contributed by atoms with van der Waals surface area (Å²) >= 11 is 6.03. The van der Waals surface area contributed by atoms with Crippen LogP contribution >= 0.6 is 11.6 Å².